The molecule has 0 aromatic carbocycles. The molecule has 1 saturated carbocycles. The van der Waals surface area contributed by atoms with Gasteiger partial charge in [-0.1, -0.05) is 12.2 Å². The Morgan fingerprint density at radius 1 is 1.17 bits per heavy atom. The predicted molar refractivity (Wildman–Crippen MR) is 86.7 cm³/mol. The van der Waals surface area contributed by atoms with E-state index >= 15 is 0 Å². The van der Waals surface area contributed by atoms with Crippen LogP contribution in [0.2, 0.25) is 0 Å². The van der Waals surface area contributed by atoms with Crippen LogP contribution in [-0.4, -0.2) is 27.6 Å². The third-order valence-electron chi connectivity index (χ3n) is 5.69. The maximum atomic E-state index is 12.6. The smallest absolute Gasteiger partial charge is 0.254 e. The van der Waals surface area contributed by atoms with Gasteiger partial charge < -0.3 is 4.57 Å². The zero-order valence-corrected chi connectivity index (χ0v) is 13.7. The molecule has 1 aromatic heterocycles. The second-order valence-electron chi connectivity index (χ2n) is 6.80. The van der Waals surface area contributed by atoms with Gasteiger partial charge in [-0.15, -0.1) is 0 Å². The molecule has 5 nitrogen and oxygen atoms in total. The standard InChI is InChI=1S/C18H21N3O2/c1-4-20-10(2)7-14(11(20)3)9-19-21-17(22)15-12-5-6-13(8-12)16(15)18(21)23/h5-7,9,12-13,15-16H,4,8H2,1-3H3/t12-,13-,15-,16+/m0/s1. The number of fused-ring (bicyclic) bond motifs is 5. The normalized spacial score (nSPS) is 31.9. The maximum absolute atomic E-state index is 12.6. The van der Waals surface area contributed by atoms with Crippen LogP contribution < -0.4 is 0 Å². The fourth-order valence-electron chi connectivity index (χ4n) is 4.57. The number of imide groups is 1. The maximum Gasteiger partial charge on any atom is 0.254 e. The number of allylic oxidation sites excluding steroid dienone is 2. The van der Waals surface area contributed by atoms with E-state index in [1.54, 1.807) is 6.21 Å². The summed E-state index contributed by atoms with van der Waals surface area (Å²) < 4.78 is 2.19. The van der Waals surface area contributed by atoms with E-state index < -0.39 is 0 Å². The number of carbonyl (C=O) groups excluding carboxylic acids is 2. The van der Waals surface area contributed by atoms with Crippen LogP contribution in [0.1, 0.15) is 30.3 Å². The van der Waals surface area contributed by atoms with Crippen LogP contribution in [0.4, 0.5) is 0 Å². The van der Waals surface area contributed by atoms with Gasteiger partial charge in [-0.2, -0.15) is 10.1 Å². The molecular formula is C18H21N3O2. The quantitative estimate of drug-likeness (QED) is 0.488. The highest BCUT2D eigenvalue weighted by molar-refractivity contribution is 6.06. The van der Waals surface area contributed by atoms with Gasteiger partial charge in [0.25, 0.3) is 11.8 Å². The summed E-state index contributed by atoms with van der Waals surface area (Å²) in [5.41, 5.74) is 3.22. The average Bonchev–Trinajstić information content (AvgIpc) is 3.24. The fraction of sp³-hybridized carbons (Fsp3) is 0.500. The number of carbonyl (C=O) groups is 2. The van der Waals surface area contributed by atoms with E-state index in [-0.39, 0.29) is 35.5 Å². The van der Waals surface area contributed by atoms with Gasteiger partial charge in [-0.05, 0) is 45.1 Å². The van der Waals surface area contributed by atoms with E-state index in [9.17, 15) is 9.59 Å². The van der Waals surface area contributed by atoms with Crippen molar-refractivity contribution in [1.29, 1.82) is 0 Å². The lowest BCUT2D eigenvalue weighted by Crippen LogP contribution is -2.28. The minimum atomic E-state index is -0.183. The van der Waals surface area contributed by atoms with Gasteiger partial charge in [0.1, 0.15) is 0 Å². The lowest BCUT2D eigenvalue weighted by molar-refractivity contribution is -0.140. The number of hydrazone groups is 1. The molecule has 2 fully saturated rings. The number of amides is 2. The van der Waals surface area contributed by atoms with Gasteiger partial charge in [-0.25, -0.2) is 0 Å². The molecule has 0 unspecified atom stereocenters. The number of hydrogen-bond acceptors (Lipinski definition) is 3. The van der Waals surface area contributed by atoms with Crippen molar-refractivity contribution < 1.29 is 9.59 Å². The summed E-state index contributed by atoms with van der Waals surface area (Å²) in [7, 11) is 0. The van der Waals surface area contributed by atoms with Crippen LogP contribution in [0.3, 0.4) is 0 Å². The summed E-state index contributed by atoms with van der Waals surface area (Å²) >= 11 is 0. The minimum Gasteiger partial charge on any atom is -0.349 e. The van der Waals surface area contributed by atoms with Crippen molar-refractivity contribution >= 4 is 18.0 Å². The number of nitrogens with zero attached hydrogens (tertiary/aromatic N) is 3. The first-order valence-electron chi connectivity index (χ1n) is 8.29. The Kier molecular flexibility index (Phi) is 3.08. The van der Waals surface area contributed by atoms with Crippen molar-refractivity contribution in [2.45, 2.75) is 33.7 Å². The molecule has 0 radical (unpaired) electrons. The molecule has 2 bridgehead atoms. The first-order valence-corrected chi connectivity index (χ1v) is 8.29. The Bertz CT molecular complexity index is 729. The summed E-state index contributed by atoms with van der Waals surface area (Å²) in [4.78, 5) is 25.1. The number of rotatable bonds is 3. The summed E-state index contributed by atoms with van der Waals surface area (Å²) in [5, 5.41) is 5.36. The largest absolute Gasteiger partial charge is 0.349 e. The highest BCUT2D eigenvalue weighted by atomic mass is 16.2. The molecule has 2 heterocycles. The van der Waals surface area contributed by atoms with Crippen LogP contribution in [0, 0.1) is 37.5 Å². The van der Waals surface area contributed by atoms with Crippen LogP contribution in [-0.2, 0) is 16.1 Å². The van der Waals surface area contributed by atoms with E-state index in [0.29, 0.717) is 0 Å². The monoisotopic (exact) mass is 311 g/mol. The highest BCUT2D eigenvalue weighted by Gasteiger charge is 2.59. The van der Waals surface area contributed by atoms with Gasteiger partial charge >= 0.3 is 0 Å². The van der Waals surface area contributed by atoms with Gasteiger partial charge in [0, 0.05) is 23.5 Å². The topological polar surface area (TPSA) is 54.7 Å². The van der Waals surface area contributed by atoms with Crippen molar-refractivity contribution in [2.24, 2.45) is 28.8 Å². The second-order valence-corrected chi connectivity index (χ2v) is 6.80. The zero-order chi connectivity index (χ0) is 16.3. The molecule has 1 saturated heterocycles. The molecule has 2 amide bonds. The first kappa shape index (κ1) is 14.4. The van der Waals surface area contributed by atoms with Crippen molar-refractivity contribution in [3.05, 3.63) is 35.2 Å². The van der Waals surface area contributed by atoms with Gasteiger partial charge in [0.05, 0.1) is 18.1 Å². The highest BCUT2D eigenvalue weighted by Crippen LogP contribution is 2.52. The predicted octanol–water partition coefficient (Wildman–Crippen LogP) is 2.27. The van der Waals surface area contributed by atoms with E-state index in [0.717, 1.165) is 34.9 Å². The molecule has 1 aromatic rings. The fourth-order valence-corrected chi connectivity index (χ4v) is 4.57. The molecule has 0 N–H and O–H groups in total. The van der Waals surface area contributed by atoms with Crippen molar-refractivity contribution in [3.8, 4) is 0 Å². The summed E-state index contributed by atoms with van der Waals surface area (Å²) in [6.45, 7) is 7.07. The molecule has 2 aliphatic carbocycles. The Balaban J connectivity index is 1.61. The van der Waals surface area contributed by atoms with Gasteiger partial charge in [0.2, 0.25) is 0 Å². The third kappa shape index (κ3) is 1.89. The molecule has 23 heavy (non-hydrogen) atoms. The summed E-state index contributed by atoms with van der Waals surface area (Å²) in [6, 6.07) is 2.04. The van der Waals surface area contributed by atoms with E-state index in [1.165, 1.54) is 0 Å². The molecule has 5 heteroatoms. The Labute approximate surface area is 135 Å². The lowest BCUT2D eigenvalue weighted by Gasteiger charge is -2.13. The Morgan fingerprint density at radius 3 is 2.30 bits per heavy atom. The third-order valence-corrected chi connectivity index (χ3v) is 5.69. The Morgan fingerprint density at radius 2 is 1.78 bits per heavy atom. The zero-order valence-electron chi connectivity index (χ0n) is 13.7. The van der Waals surface area contributed by atoms with Crippen LogP contribution >= 0.6 is 0 Å². The summed E-state index contributed by atoms with van der Waals surface area (Å²) in [5.74, 6) is -0.163. The molecule has 3 aliphatic rings. The van der Waals surface area contributed by atoms with Gasteiger partial charge in [-0.3, -0.25) is 9.59 Å². The van der Waals surface area contributed by atoms with Crippen molar-refractivity contribution in [1.82, 2.24) is 9.58 Å². The molecule has 120 valence electrons. The van der Waals surface area contributed by atoms with E-state index in [2.05, 4.69) is 28.7 Å². The summed E-state index contributed by atoms with van der Waals surface area (Å²) in [6.07, 6.45) is 6.79. The number of aryl methyl sites for hydroxylation is 1. The molecule has 0 spiro atoms. The lowest BCUT2D eigenvalue weighted by atomic mass is 9.85. The first-order chi connectivity index (χ1) is 11.0. The number of aromatic nitrogens is 1. The van der Waals surface area contributed by atoms with Crippen LogP contribution in [0.25, 0.3) is 0 Å². The van der Waals surface area contributed by atoms with E-state index in [4.69, 9.17) is 0 Å². The van der Waals surface area contributed by atoms with Crippen molar-refractivity contribution in [2.75, 3.05) is 0 Å². The van der Waals surface area contributed by atoms with Gasteiger partial charge in [0.15, 0.2) is 0 Å². The Hall–Kier alpha value is -2.17. The second kappa shape index (κ2) is 4.91. The molecule has 4 atom stereocenters. The van der Waals surface area contributed by atoms with Crippen LogP contribution in [0.15, 0.2) is 23.3 Å². The SMILES string of the molecule is CCn1c(C)cc(C=NN2C(=O)[C@@H]3[C@H](C2=O)[C@H]2C=C[C@H]3C2)c1C. The molecule has 4 rings (SSSR count). The van der Waals surface area contributed by atoms with Crippen LogP contribution in [0.5, 0.6) is 0 Å². The average molecular weight is 311 g/mol. The molecular weight excluding hydrogens is 290 g/mol. The van der Waals surface area contributed by atoms with Crippen molar-refractivity contribution in [3.63, 3.8) is 0 Å². The minimum absolute atomic E-state index is 0.127. The number of hydrogen-bond donors (Lipinski definition) is 0. The molecule has 1 aliphatic heterocycles. The van der Waals surface area contributed by atoms with E-state index in [1.807, 2.05) is 19.9 Å².